The lowest BCUT2D eigenvalue weighted by atomic mass is 10.2. The van der Waals surface area contributed by atoms with Gasteiger partial charge in [-0.15, -0.1) is 0 Å². The predicted molar refractivity (Wildman–Crippen MR) is 49.9 cm³/mol. The van der Waals surface area contributed by atoms with Crippen LogP contribution in [-0.4, -0.2) is 9.55 Å². The van der Waals surface area contributed by atoms with Crippen LogP contribution in [0.15, 0.2) is 18.3 Å². The normalized spacial score (nSPS) is 10.8. The molecule has 0 radical (unpaired) electrons. The first-order valence-corrected chi connectivity index (χ1v) is 3.86. The average Bonchev–Trinajstić information content (AvgIpc) is 2.35. The summed E-state index contributed by atoms with van der Waals surface area (Å²) >= 11 is 0. The van der Waals surface area contributed by atoms with E-state index in [2.05, 4.69) is 4.98 Å². The summed E-state index contributed by atoms with van der Waals surface area (Å²) in [6, 6.07) is 3.97. The summed E-state index contributed by atoms with van der Waals surface area (Å²) in [7, 11) is 1.98. The summed E-state index contributed by atoms with van der Waals surface area (Å²) in [6.45, 7) is 1.92. The zero-order chi connectivity index (χ0) is 8.72. The number of nitrogens with zero attached hydrogens (tertiary/aromatic N) is 2. The molecule has 0 bridgehead atoms. The minimum atomic E-state index is 0.758. The fourth-order valence-corrected chi connectivity index (χ4v) is 1.29. The number of hydrogen-bond acceptors (Lipinski definition) is 2. The van der Waals surface area contributed by atoms with Crippen LogP contribution in [0.3, 0.4) is 0 Å². The third-order valence-electron chi connectivity index (χ3n) is 2.07. The van der Waals surface area contributed by atoms with E-state index in [1.165, 1.54) is 0 Å². The Balaban J connectivity index is 2.87. The quantitative estimate of drug-likeness (QED) is 0.635. The van der Waals surface area contributed by atoms with Gasteiger partial charge in [0.05, 0.1) is 11.4 Å². The predicted octanol–water partition coefficient (Wildman–Crippen LogP) is 1.46. The van der Waals surface area contributed by atoms with Crippen LogP contribution in [0, 0.1) is 6.92 Å². The van der Waals surface area contributed by atoms with E-state index in [1.807, 2.05) is 36.9 Å². The highest BCUT2D eigenvalue weighted by molar-refractivity contribution is 5.80. The molecular weight excluding hydrogens is 150 g/mol. The highest BCUT2D eigenvalue weighted by Gasteiger charge is 2.01. The van der Waals surface area contributed by atoms with Gasteiger partial charge < -0.3 is 10.3 Å². The summed E-state index contributed by atoms with van der Waals surface area (Å²) in [5.74, 6) is 0. The van der Waals surface area contributed by atoms with Gasteiger partial charge in [0.1, 0.15) is 5.65 Å². The monoisotopic (exact) mass is 161 g/mol. The van der Waals surface area contributed by atoms with Gasteiger partial charge in [0, 0.05) is 18.6 Å². The molecule has 2 N–H and O–H groups in total. The first-order valence-electron chi connectivity index (χ1n) is 3.86. The highest BCUT2D eigenvalue weighted by atomic mass is 15.0. The number of anilines is 1. The van der Waals surface area contributed by atoms with E-state index in [9.17, 15) is 0 Å². The molecule has 0 spiro atoms. The van der Waals surface area contributed by atoms with Crippen LogP contribution in [0.2, 0.25) is 0 Å². The highest BCUT2D eigenvalue weighted by Crippen LogP contribution is 2.17. The first kappa shape index (κ1) is 7.16. The van der Waals surface area contributed by atoms with E-state index in [0.29, 0.717) is 0 Å². The Morgan fingerprint density at radius 1 is 1.50 bits per heavy atom. The lowest BCUT2D eigenvalue weighted by Gasteiger charge is -2.00. The molecule has 0 aliphatic carbocycles. The maximum Gasteiger partial charge on any atom is 0.140 e. The second-order valence-corrected chi connectivity index (χ2v) is 3.00. The molecule has 0 saturated heterocycles. The summed E-state index contributed by atoms with van der Waals surface area (Å²) in [6.07, 6.45) is 1.98. The maximum atomic E-state index is 5.72. The number of pyridine rings is 1. The van der Waals surface area contributed by atoms with Crippen LogP contribution in [0.25, 0.3) is 11.0 Å². The molecule has 0 amide bonds. The summed E-state index contributed by atoms with van der Waals surface area (Å²) in [4.78, 5) is 4.37. The van der Waals surface area contributed by atoms with Crippen molar-refractivity contribution in [3.63, 3.8) is 0 Å². The van der Waals surface area contributed by atoms with Gasteiger partial charge in [-0.2, -0.15) is 0 Å². The van der Waals surface area contributed by atoms with Crippen LogP contribution < -0.4 is 5.73 Å². The van der Waals surface area contributed by atoms with Gasteiger partial charge in [0.15, 0.2) is 0 Å². The Morgan fingerprint density at radius 3 is 3.00 bits per heavy atom. The molecule has 0 aliphatic heterocycles. The van der Waals surface area contributed by atoms with Gasteiger partial charge in [0.2, 0.25) is 0 Å². The fraction of sp³-hybridized carbons (Fsp3) is 0.222. The number of aromatic nitrogens is 2. The summed E-state index contributed by atoms with van der Waals surface area (Å²) < 4.78 is 1.99. The number of aryl methyl sites for hydroxylation is 2. The van der Waals surface area contributed by atoms with E-state index in [0.717, 1.165) is 22.4 Å². The molecule has 0 aromatic carbocycles. The van der Waals surface area contributed by atoms with Crippen molar-refractivity contribution in [2.24, 2.45) is 7.05 Å². The van der Waals surface area contributed by atoms with E-state index < -0.39 is 0 Å². The molecule has 0 atom stereocenters. The molecular formula is C9H11N3. The van der Waals surface area contributed by atoms with Gasteiger partial charge in [-0.25, -0.2) is 4.98 Å². The van der Waals surface area contributed by atoms with Crippen molar-refractivity contribution in [3.8, 4) is 0 Å². The van der Waals surface area contributed by atoms with Crippen molar-refractivity contribution in [1.82, 2.24) is 9.55 Å². The smallest absolute Gasteiger partial charge is 0.140 e. The van der Waals surface area contributed by atoms with Crippen LogP contribution in [0.4, 0.5) is 5.69 Å². The van der Waals surface area contributed by atoms with Gasteiger partial charge >= 0.3 is 0 Å². The second-order valence-electron chi connectivity index (χ2n) is 3.00. The standard InChI is InChI=1S/C9H11N3/c1-6-8(10)5-7-3-4-12(2)9(7)11-6/h3-5H,10H2,1-2H3. The van der Waals surface area contributed by atoms with Gasteiger partial charge in [-0.05, 0) is 19.1 Å². The Bertz CT molecular complexity index is 429. The molecule has 3 nitrogen and oxygen atoms in total. The van der Waals surface area contributed by atoms with Crippen LogP contribution in [-0.2, 0) is 7.05 Å². The summed E-state index contributed by atoms with van der Waals surface area (Å²) in [5, 5.41) is 1.10. The van der Waals surface area contributed by atoms with Crippen LogP contribution in [0.5, 0.6) is 0 Å². The second kappa shape index (κ2) is 2.24. The van der Waals surface area contributed by atoms with Gasteiger partial charge in [0.25, 0.3) is 0 Å². The van der Waals surface area contributed by atoms with Crippen LogP contribution >= 0.6 is 0 Å². The Hall–Kier alpha value is -1.51. The third kappa shape index (κ3) is 0.863. The van der Waals surface area contributed by atoms with Crippen LogP contribution in [0.1, 0.15) is 5.69 Å². The lowest BCUT2D eigenvalue weighted by Crippen LogP contribution is -1.95. The van der Waals surface area contributed by atoms with Crippen molar-refractivity contribution in [3.05, 3.63) is 24.0 Å². The molecule has 0 saturated carbocycles. The molecule has 2 heterocycles. The molecule has 2 aromatic rings. The molecule has 0 unspecified atom stereocenters. The number of nitrogens with two attached hydrogens (primary N) is 1. The minimum Gasteiger partial charge on any atom is -0.397 e. The minimum absolute atomic E-state index is 0.758. The van der Waals surface area contributed by atoms with Crippen molar-refractivity contribution < 1.29 is 0 Å². The fourth-order valence-electron chi connectivity index (χ4n) is 1.29. The topological polar surface area (TPSA) is 43.8 Å². The maximum absolute atomic E-state index is 5.72. The lowest BCUT2D eigenvalue weighted by molar-refractivity contribution is 0.944. The van der Waals surface area contributed by atoms with E-state index >= 15 is 0 Å². The summed E-state index contributed by atoms with van der Waals surface area (Å²) in [5.41, 5.74) is 8.36. The Morgan fingerprint density at radius 2 is 2.25 bits per heavy atom. The number of fused-ring (bicyclic) bond motifs is 1. The van der Waals surface area contributed by atoms with E-state index in [1.54, 1.807) is 0 Å². The van der Waals surface area contributed by atoms with Gasteiger partial charge in [-0.3, -0.25) is 0 Å². The Kier molecular flexibility index (Phi) is 1.33. The van der Waals surface area contributed by atoms with Crippen molar-refractivity contribution >= 4 is 16.7 Å². The molecule has 2 rings (SSSR count). The van der Waals surface area contributed by atoms with E-state index in [-0.39, 0.29) is 0 Å². The average molecular weight is 161 g/mol. The van der Waals surface area contributed by atoms with Crippen molar-refractivity contribution in [2.45, 2.75) is 6.92 Å². The molecule has 2 aromatic heterocycles. The number of rotatable bonds is 0. The molecule has 3 heteroatoms. The zero-order valence-corrected chi connectivity index (χ0v) is 7.20. The molecule has 0 fully saturated rings. The van der Waals surface area contributed by atoms with Crippen molar-refractivity contribution in [1.29, 1.82) is 0 Å². The third-order valence-corrected chi connectivity index (χ3v) is 2.07. The number of hydrogen-bond donors (Lipinski definition) is 1. The molecule has 12 heavy (non-hydrogen) atoms. The first-order chi connectivity index (χ1) is 5.68. The largest absolute Gasteiger partial charge is 0.397 e. The number of nitrogen functional groups attached to an aromatic ring is 1. The molecule has 0 aliphatic rings. The zero-order valence-electron chi connectivity index (χ0n) is 7.20. The molecule has 62 valence electrons. The SMILES string of the molecule is Cc1nc2c(ccn2C)cc1N. The Labute approximate surface area is 70.8 Å². The van der Waals surface area contributed by atoms with Crippen molar-refractivity contribution in [2.75, 3.05) is 5.73 Å². The van der Waals surface area contributed by atoms with E-state index in [4.69, 9.17) is 5.73 Å². The van der Waals surface area contributed by atoms with Gasteiger partial charge in [-0.1, -0.05) is 0 Å².